The van der Waals surface area contributed by atoms with E-state index in [4.69, 9.17) is 4.74 Å². The summed E-state index contributed by atoms with van der Waals surface area (Å²) in [5.41, 5.74) is 2.07. The average Bonchev–Trinajstić information content (AvgIpc) is 3.12. The van der Waals surface area contributed by atoms with Gasteiger partial charge in [0.1, 0.15) is 5.60 Å². The Kier molecular flexibility index (Phi) is 1.97. The zero-order valence-corrected chi connectivity index (χ0v) is 10.5. The van der Waals surface area contributed by atoms with Crippen molar-refractivity contribution in [2.45, 2.75) is 23.9 Å². The minimum atomic E-state index is -0.285. The Morgan fingerprint density at radius 2 is 1.32 bits per heavy atom. The normalized spacial score (nSPS) is 26.6. The fourth-order valence-corrected chi connectivity index (χ4v) is 3.51. The van der Waals surface area contributed by atoms with E-state index in [0.29, 0.717) is 6.42 Å². The van der Waals surface area contributed by atoms with Crippen LogP contribution in [-0.2, 0) is 14.9 Å². The van der Waals surface area contributed by atoms with Gasteiger partial charge >= 0.3 is 5.97 Å². The first-order chi connectivity index (χ1) is 9.27. The Bertz CT molecular complexity index is 583. The molecule has 2 nitrogen and oxygen atoms in total. The molecular weight excluding hydrogens is 236 g/mol. The Morgan fingerprint density at radius 3 is 1.74 bits per heavy atom. The number of ether oxygens (including phenoxy) is 1. The molecule has 0 radical (unpaired) electrons. The van der Waals surface area contributed by atoms with Crippen molar-refractivity contribution in [3.8, 4) is 0 Å². The van der Waals surface area contributed by atoms with E-state index in [0.717, 1.165) is 6.42 Å². The van der Waals surface area contributed by atoms with Crippen molar-refractivity contribution in [1.82, 2.24) is 0 Å². The number of hydrogen-bond donors (Lipinski definition) is 0. The lowest BCUT2D eigenvalue weighted by Crippen LogP contribution is -2.42. The Balaban J connectivity index is 1.85. The minimum absolute atomic E-state index is 0.0752. The Hall–Kier alpha value is -2.09. The summed E-state index contributed by atoms with van der Waals surface area (Å²) >= 11 is 0. The van der Waals surface area contributed by atoms with Gasteiger partial charge in [0, 0.05) is 6.42 Å². The number of carbonyl (C=O) groups is 1. The van der Waals surface area contributed by atoms with Gasteiger partial charge in [-0.25, -0.2) is 0 Å². The van der Waals surface area contributed by atoms with Crippen LogP contribution in [0.15, 0.2) is 60.7 Å². The quantitative estimate of drug-likeness (QED) is 0.766. The van der Waals surface area contributed by atoms with Crippen molar-refractivity contribution in [2.24, 2.45) is 0 Å². The molecular formula is C17H14O2. The first-order valence-corrected chi connectivity index (χ1v) is 6.60. The molecule has 1 spiro atoms. The van der Waals surface area contributed by atoms with E-state index in [2.05, 4.69) is 24.3 Å². The van der Waals surface area contributed by atoms with E-state index < -0.39 is 0 Å². The standard InChI is InChI=1S/C17H14O2/c18-15-11-16(19-15)12-17(16,13-7-3-1-4-8-13)14-9-5-2-6-10-14/h1-10H,11-12H2/t16-/m0/s1. The summed E-state index contributed by atoms with van der Waals surface area (Å²) in [6, 6.07) is 20.8. The van der Waals surface area contributed by atoms with Gasteiger partial charge in [-0.2, -0.15) is 0 Å². The fraction of sp³-hybridized carbons (Fsp3) is 0.235. The van der Waals surface area contributed by atoms with Crippen LogP contribution >= 0.6 is 0 Å². The zero-order valence-electron chi connectivity index (χ0n) is 10.5. The van der Waals surface area contributed by atoms with Gasteiger partial charge in [0.2, 0.25) is 0 Å². The van der Waals surface area contributed by atoms with Crippen LogP contribution in [0.1, 0.15) is 24.0 Å². The molecule has 1 aliphatic carbocycles. The van der Waals surface area contributed by atoms with Gasteiger partial charge in [0.15, 0.2) is 0 Å². The van der Waals surface area contributed by atoms with Gasteiger partial charge in [0.25, 0.3) is 0 Å². The van der Waals surface area contributed by atoms with Crippen LogP contribution in [0.4, 0.5) is 0 Å². The molecule has 2 aromatic rings. The molecule has 1 saturated carbocycles. The number of hydrogen-bond acceptors (Lipinski definition) is 2. The number of carbonyl (C=O) groups excluding carboxylic acids is 1. The highest BCUT2D eigenvalue weighted by Crippen LogP contribution is 2.69. The molecule has 1 saturated heterocycles. The second-order valence-corrected chi connectivity index (χ2v) is 5.46. The maximum absolute atomic E-state index is 11.3. The lowest BCUT2D eigenvalue weighted by molar-refractivity contribution is -0.176. The van der Waals surface area contributed by atoms with Crippen molar-refractivity contribution in [3.63, 3.8) is 0 Å². The van der Waals surface area contributed by atoms with Gasteiger partial charge in [0.05, 0.1) is 11.8 Å². The van der Waals surface area contributed by atoms with E-state index in [1.54, 1.807) is 0 Å². The predicted molar refractivity (Wildman–Crippen MR) is 71.7 cm³/mol. The highest BCUT2D eigenvalue weighted by molar-refractivity contribution is 5.82. The molecule has 1 aliphatic heterocycles. The largest absolute Gasteiger partial charge is 0.457 e. The van der Waals surface area contributed by atoms with Crippen molar-refractivity contribution in [2.75, 3.05) is 0 Å². The van der Waals surface area contributed by atoms with Crippen molar-refractivity contribution in [3.05, 3.63) is 71.8 Å². The van der Waals surface area contributed by atoms with Crippen molar-refractivity contribution >= 4 is 5.97 Å². The molecule has 19 heavy (non-hydrogen) atoms. The lowest BCUT2D eigenvalue weighted by Gasteiger charge is -2.33. The van der Waals surface area contributed by atoms with E-state index in [9.17, 15) is 4.79 Å². The van der Waals surface area contributed by atoms with E-state index >= 15 is 0 Å². The molecule has 0 aromatic heterocycles. The Labute approximate surface area is 112 Å². The third-order valence-corrected chi connectivity index (χ3v) is 4.48. The molecule has 4 rings (SSSR count). The summed E-state index contributed by atoms with van der Waals surface area (Å²) in [7, 11) is 0. The van der Waals surface area contributed by atoms with Crippen molar-refractivity contribution in [1.29, 1.82) is 0 Å². The van der Waals surface area contributed by atoms with Crippen LogP contribution in [0.25, 0.3) is 0 Å². The number of benzene rings is 2. The summed E-state index contributed by atoms with van der Waals surface area (Å²) in [6.07, 6.45) is 1.44. The summed E-state index contributed by atoms with van der Waals surface area (Å²) in [6.45, 7) is 0. The molecule has 1 heterocycles. The molecule has 2 aromatic carbocycles. The number of rotatable bonds is 2. The first-order valence-electron chi connectivity index (χ1n) is 6.60. The maximum atomic E-state index is 11.3. The highest BCUT2D eigenvalue weighted by atomic mass is 16.6. The summed E-state index contributed by atoms with van der Waals surface area (Å²) < 4.78 is 5.52. The summed E-state index contributed by atoms with van der Waals surface area (Å²) in [4.78, 5) is 11.3. The monoisotopic (exact) mass is 250 g/mol. The van der Waals surface area contributed by atoms with Gasteiger partial charge < -0.3 is 4.74 Å². The summed E-state index contributed by atoms with van der Waals surface area (Å²) in [5.74, 6) is -0.0752. The molecule has 0 N–H and O–H groups in total. The molecule has 0 amide bonds. The third-order valence-electron chi connectivity index (χ3n) is 4.48. The molecule has 2 aliphatic rings. The smallest absolute Gasteiger partial charge is 0.310 e. The van der Waals surface area contributed by atoms with Crippen LogP contribution < -0.4 is 0 Å². The minimum Gasteiger partial charge on any atom is -0.457 e. The molecule has 0 unspecified atom stereocenters. The molecule has 2 heteroatoms. The predicted octanol–water partition coefficient (Wildman–Crippen LogP) is 3.06. The molecule has 0 bridgehead atoms. The van der Waals surface area contributed by atoms with Gasteiger partial charge in [-0.15, -0.1) is 0 Å². The van der Waals surface area contributed by atoms with Crippen LogP contribution in [-0.4, -0.2) is 11.6 Å². The van der Waals surface area contributed by atoms with Gasteiger partial charge in [-0.1, -0.05) is 60.7 Å². The first kappa shape index (κ1) is 10.8. The zero-order chi connectivity index (χ0) is 12.9. The van der Waals surface area contributed by atoms with Crippen LogP contribution in [0.3, 0.4) is 0 Å². The lowest BCUT2D eigenvalue weighted by atomic mass is 9.82. The fourth-order valence-electron chi connectivity index (χ4n) is 3.51. The molecule has 2 fully saturated rings. The summed E-state index contributed by atoms with van der Waals surface area (Å²) in [5, 5.41) is 0. The van der Waals surface area contributed by atoms with E-state index in [1.807, 2.05) is 36.4 Å². The van der Waals surface area contributed by atoms with E-state index in [1.165, 1.54) is 11.1 Å². The Morgan fingerprint density at radius 1 is 0.842 bits per heavy atom. The number of esters is 1. The second-order valence-electron chi connectivity index (χ2n) is 5.46. The van der Waals surface area contributed by atoms with Crippen LogP contribution in [0, 0.1) is 0 Å². The van der Waals surface area contributed by atoms with Gasteiger partial charge in [-0.05, 0) is 11.1 Å². The maximum Gasteiger partial charge on any atom is 0.310 e. The van der Waals surface area contributed by atoms with Gasteiger partial charge in [-0.3, -0.25) is 4.79 Å². The SMILES string of the molecule is O=C1C[C@@]2(CC2(c2ccccc2)c2ccccc2)O1. The second kappa shape index (κ2) is 3.47. The van der Waals surface area contributed by atoms with Crippen LogP contribution in [0.2, 0.25) is 0 Å². The molecule has 1 atom stereocenters. The topological polar surface area (TPSA) is 26.3 Å². The highest BCUT2D eigenvalue weighted by Gasteiger charge is 2.77. The average molecular weight is 250 g/mol. The van der Waals surface area contributed by atoms with E-state index in [-0.39, 0.29) is 17.0 Å². The van der Waals surface area contributed by atoms with Crippen LogP contribution in [0.5, 0.6) is 0 Å². The van der Waals surface area contributed by atoms with Crippen molar-refractivity contribution < 1.29 is 9.53 Å². The third kappa shape index (κ3) is 1.29. The molecule has 94 valence electrons.